The zero-order valence-corrected chi connectivity index (χ0v) is 18.2. The second-order valence-corrected chi connectivity index (χ2v) is 9.06. The lowest BCUT2D eigenvalue weighted by atomic mass is 9.88. The van der Waals surface area contributed by atoms with E-state index in [1.54, 1.807) is 12.3 Å². The molecule has 0 saturated heterocycles. The van der Waals surface area contributed by atoms with Gasteiger partial charge in [-0.3, -0.25) is 9.78 Å². The van der Waals surface area contributed by atoms with Gasteiger partial charge in [0.15, 0.2) is 12.4 Å². The SMILES string of the molecule is O=C(COc1c(Cl)cc(Cl)c2cccnc12)N(C1CCCCC1)C1CCCCC1. The summed E-state index contributed by atoms with van der Waals surface area (Å²) in [5.74, 6) is 0.506. The predicted molar refractivity (Wildman–Crippen MR) is 118 cm³/mol. The highest BCUT2D eigenvalue weighted by molar-refractivity contribution is 6.39. The van der Waals surface area contributed by atoms with Crippen LogP contribution in [-0.2, 0) is 4.79 Å². The molecule has 4 rings (SSSR count). The van der Waals surface area contributed by atoms with Crippen molar-refractivity contribution >= 4 is 40.0 Å². The Labute approximate surface area is 182 Å². The molecule has 4 nitrogen and oxygen atoms in total. The zero-order chi connectivity index (χ0) is 20.2. The number of carbonyl (C=O) groups is 1. The molecule has 0 bridgehead atoms. The molecule has 0 radical (unpaired) electrons. The Balaban J connectivity index is 1.54. The van der Waals surface area contributed by atoms with E-state index in [0.29, 0.717) is 33.4 Å². The number of nitrogens with zero attached hydrogens (tertiary/aromatic N) is 2. The van der Waals surface area contributed by atoms with Gasteiger partial charge in [0.2, 0.25) is 0 Å². The summed E-state index contributed by atoms with van der Waals surface area (Å²) in [6, 6.07) is 6.06. The molecular weight excluding hydrogens is 407 g/mol. The third-order valence-corrected chi connectivity index (χ3v) is 6.91. The molecule has 2 aromatic rings. The van der Waals surface area contributed by atoms with E-state index in [1.165, 1.54) is 38.5 Å². The van der Waals surface area contributed by atoms with E-state index in [0.717, 1.165) is 31.1 Å². The van der Waals surface area contributed by atoms with Gasteiger partial charge in [0, 0.05) is 23.7 Å². The van der Waals surface area contributed by atoms with Gasteiger partial charge in [0.1, 0.15) is 5.52 Å². The molecule has 2 saturated carbocycles. The van der Waals surface area contributed by atoms with Crippen molar-refractivity contribution in [1.82, 2.24) is 9.88 Å². The average molecular weight is 435 g/mol. The van der Waals surface area contributed by atoms with Gasteiger partial charge in [0.05, 0.1) is 10.0 Å². The molecule has 1 aromatic heterocycles. The van der Waals surface area contributed by atoms with Crippen molar-refractivity contribution in [3.05, 3.63) is 34.4 Å². The van der Waals surface area contributed by atoms with Crippen LogP contribution in [0.2, 0.25) is 10.0 Å². The van der Waals surface area contributed by atoms with Crippen molar-refractivity contribution in [2.75, 3.05) is 6.61 Å². The molecule has 1 amide bonds. The molecule has 2 aliphatic carbocycles. The number of ether oxygens (including phenoxy) is 1. The first-order chi connectivity index (χ1) is 14.1. The maximum absolute atomic E-state index is 13.3. The quantitative estimate of drug-likeness (QED) is 0.545. The van der Waals surface area contributed by atoms with Crippen LogP contribution in [0, 0.1) is 0 Å². The number of hydrogen-bond donors (Lipinski definition) is 0. The Morgan fingerprint density at radius 1 is 1.00 bits per heavy atom. The Bertz CT molecular complexity index is 843. The first-order valence-electron chi connectivity index (χ1n) is 10.8. The molecule has 0 spiro atoms. The maximum Gasteiger partial charge on any atom is 0.261 e. The van der Waals surface area contributed by atoms with E-state index in [2.05, 4.69) is 9.88 Å². The summed E-state index contributed by atoms with van der Waals surface area (Å²) in [5.41, 5.74) is 0.597. The Morgan fingerprint density at radius 3 is 2.24 bits per heavy atom. The molecule has 0 N–H and O–H groups in total. The number of pyridine rings is 1. The monoisotopic (exact) mass is 434 g/mol. The van der Waals surface area contributed by atoms with Gasteiger partial charge in [-0.2, -0.15) is 0 Å². The smallest absolute Gasteiger partial charge is 0.261 e. The minimum absolute atomic E-state index is 0.0139. The highest BCUT2D eigenvalue weighted by Crippen LogP contribution is 2.37. The van der Waals surface area contributed by atoms with Crippen LogP contribution in [-0.4, -0.2) is 34.5 Å². The van der Waals surface area contributed by atoms with Crippen LogP contribution in [0.15, 0.2) is 24.4 Å². The number of aromatic nitrogens is 1. The molecule has 6 heteroatoms. The lowest BCUT2D eigenvalue weighted by Crippen LogP contribution is -2.50. The summed E-state index contributed by atoms with van der Waals surface area (Å²) in [6.45, 7) is -0.0139. The van der Waals surface area contributed by atoms with E-state index < -0.39 is 0 Å². The molecular formula is C23H28Cl2N2O2. The minimum Gasteiger partial charge on any atom is -0.480 e. The number of rotatable bonds is 5. The van der Waals surface area contributed by atoms with Crippen LogP contribution in [0.5, 0.6) is 5.75 Å². The van der Waals surface area contributed by atoms with Crippen LogP contribution in [0.4, 0.5) is 0 Å². The lowest BCUT2D eigenvalue weighted by Gasteiger charge is -2.41. The van der Waals surface area contributed by atoms with Gasteiger partial charge in [-0.1, -0.05) is 61.7 Å². The number of fused-ring (bicyclic) bond motifs is 1. The molecule has 156 valence electrons. The van der Waals surface area contributed by atoms with E-state index in [-0.39, 0.29) is 12.5 Å². The van der Waals surface area contributed by atoms with Crippen molar-refractivity contribution < 1.29 is 9.53 Å². The third-order valence-electron chi connectivity index (χ3n) is 6.31. The number of hydrogen-bond acceptors (Lipinski definition) is 3. The van der Waals surface area contributed by atoms with Gasteiger partial charge < -0.3 is 9.64 Å². The van der Waals surface area contributed by atoms with Crippen molar-refractivity contribution in [1.29, 1.82) is 0 Å². The number of benzene rings is 1. The van der Waals surface area contributed by atoms with Gasteiger partial charge >= 0.3 is 0 Å². The molecule has 2 fully saturated rings. The Hall–Kier alpha value is -1.52. The van der Waals surface area contributed by atoms with Gasteiger partial charge in [-0.05, 0) is 43.9 Å². The van der Waals surface area contributed by atoms with Gasteiger partial charge in [-0.25, -0.2) is 0 Å². The molecule has 0 aliphatic heterocycles. The molecule has 2 aliphatic rings. The van der Waals surface area contributed by atoms with Crippen molar-refractivity contribution in [2.45, 2.75) is 76.3 Å². The van der Waals surface area contributed by atoms with Crippen LogP contribution in [0.25, 0.3) is 10.9 Å². The standard InChI is InChI=1S/C23H28Cl2N2O2/c24-19-14-20(25)23(22-18(19)12-7-13-26-22)29-15-21(28)27(16-8-3-1-4-9-16)17-10-5-2-6-11-17/h7,12-14,16-17H,1-6,8-11,15H2. The fourth-order valence-corrected chi connectivity index (χ4v) is 5.49. The van der Waals surface area contributed by atoms with E-state index in [1.807, 2.05) is 12.1 Å². The minimum atomic E-state index is -0.0139. The predicted octanol–water partition coefficient (Wildman–Crippen LogP) is 6.41. The van der Waals surface area contributed by atoms with Crippen LogP contribution < -0.4 is 4.74 Å². The molecule has 1 heterocycles. The van der Waals surface area contributed by atoms with Crippen LogP contribution in [0.1, 0.15) is 64.2 Å². The molecule has 0 unspecified atom stereocenters. The highest BCUT2D eigenvalue weighted by Gasteiger charge is 2.32. The van der Waals surface area contributed by atoms with Crippen molar-refractivity contribution in [3.63, 3.8) is 0 Å². The largest absolute Gasteiger partial charge is 0.480 e. The van der Waals surface area contributed by atoms with Crippen LogP contribution >= 0.6 is 23.2 Å². The average Bonchev–Trinajstić information content (AvgIpc) is 2.75. The summed E-state index contributed by atoms with van der Waals surface area (Å²) in [5, 5.41) is 1.69. The molecule has 0 atom stereocenters. The number of amides is 1. The third kappa shape index (κ3) is 4.64. The Morgan fingerprint density at radius 2 is 1.62 bits per heavy atom. The highest BCUT2D eigenvalue weighted by atomic mass is 35.5. The summed E-state index contributed by atoms with van der Waals surface area (Å²) < 4.78 is 5.99. The first kappa shape index (κ1) is 20.7. The normalized spacial score (nSPS) is 18.7. The van der Waals surface area contributed by atoms with Gasteiger partial charge in [-0.15, -0.1) is 0 Å². The van der Waals surface area contributed by atoms with Crippen LogP contribution in [0.3, 0.4) is 0 Å². The molecule has 29 heavy (non-hydrogen) atoms. The fraction of sp³-hybridized carbons (Fsp3) is 0.565. The summed E-state index contributed by atoms with van der Waals surface area (Å²) in [6.07, 6.45) is 13.5. The van der Waals surface area contributed by atoms with E-state index >= 15 is 0 Å². The fourth-order valence-electron chi connectivity index (χ4n) is 4.92. The number of halogens is 2. The number of carbonyl (C=O) groups excluding carboxylic acids is 1. The summed E-state index contributed by atoms with van der Waals surface area (Å²) >= 11 is 12.7. The lowest BCUT2D eigenvalue weighted by molar-refractivity contribution is -0.140. The van der Waals surface area contributed by atoms with E-state index in [4.69, 9.17) is 27.9 Å². The second kappa shape index (κ2) is 9.53. The summed E-state index contributed by atoms with van der Waals surface area (Å²) in [4.78, 5) is 19.9. The van der Waals surface area contributed by atoms with E-state index in [9.17, 15) is 4.79 Å². The molecule has 1 aromatic carbocycles. The Kier molecular flexibility index (Phi) is 6.81. The maximum atomic E-state index is 13.3. The first-order valence-corrected chi connectivity index (χ1v) is 11.6. The van der Waals surface area contributed by atoms with Crippen molar-refractivity contribution in [2.24, 2.45) is 0 Å². The second-order valence-electron chi connectivity index (χ2n) is 8.24. The van der Waals surface area contributed by atoms with Crippen molar-refractivity contribution in [3.8, 4) is 5.75 Å². The topological polar surface area (TPSA) is 42.4 Å². The zero-order valence-electron chi connectivity index (χ0n) is 16.7. The van der Waals surface area contributed by atoms with Gasteiger partial charge in [0.25, 0.3) is 5.91 Å². The summed E-state index contributed by atoms with van der Waals surface area (Å²) in [7, 11) is 0.